The van der Waals surface area contributed by atoms with Gasteiger partial charge in [-0.05, 0) is 12.5 Å². The molecule has 0 spiro atoms. The Morgan fingerprint density at radius 1 is 1.30 bits per heavy atom. The monoisotopic (exact) mass is 290 g/mol. The first-order chi connectivity index (χ1) is 9.65. The van der Waals surface area contributed by atoms with Crippen molar-refractivity contribution in [1.29, 1.82) is 0 Å². The molecule has 0 atom stereocenters. The fourth-order valence-corrected chi connectivity index (χ4v) is 2.15. The number of carbonyl (C=O) groups is 1. The first kappa shape index (κ1) is 14.3. The third-order valence-corrected chi connectivity index (χ3v) is 3.20. The maximum absolute atomic E-state index is 11.2. The number of halogens is 1. The molecule has 0 aliphatic heterocycles. The average Bonchev–Trinajstić information content (AvgIpc) is 2.45. The predicted molar refractivity (Wildman–Crippen MR) is 80.0 cm³/mol. The van der Waals surface area contributed by atoms with Crippen molar-refractivity contribution in [2.45, 2.75) is 13.5 Å². The average molecular weight is 291 g/mol. The van der Waals surface area contributed by atoms with Gasteiger partial charge in [0.05, 0.1) is 5.56 Å². The van der Waals surface area contributed by atoms with Crippen molar-refractivity contribution in [3.63, 3.8) is 0 Å². The third-order valence-electron chi connectivity index (χ3n) is 2.91. The summed E-state index contributed by atoms with van der Waals surface area (Å²) in [6, 6.07) is 9.90. The van der Waals surface area contributed by atoms with Crippen LogP contribution in [0.5, 0.6) is 0 Å². The second kappa shape index (κ2) is 6.34. The molecular formula is C14H15ClN4O. The Morgan fingerprint density at radius 2 is 2.00 bits per heavy atom. The molecule has 0 radical (unpaired) electrons. The summed E-state index contributed by atoms with van der Waals surface area (Å²) in [6.45, 7) is 3.26. The molecule has 0 amide bonds. The highest BCUT2D eigenvalue weighted by Gasteiger charge is 2.17. The molecule has 104 valence electrons. The van der Waals surface area contributed by atoms with Gasteiger partial charge in [-0.25, -0.2) is 4.98 Å². The molecule has 1 aromatic heterocycles. The Morgan fingerprint density at radius 3 is 2.60 bits per heavy atom. The normalized spacial score (nSPS) is 10.3. The van der Waals surface area contributed by atoms with Gasteiger partial charge >= 0.3 is 0 Å². The molecule has 0 saturated heterocycles. The van der Waals surface area contributed by atoms with Crippen LogP contribution in [-0.4, -0.2) is 22.8 Å². The summed E-state index contributed by atoms with van der Waals surface area (Å²) in [6.07, 6.45) is 0.658. The number of nitrogens with two attached hydrogens (primary N) is 1. The summed E-state index contributed by atoms with van der Waals surface area (Å²) in [5.74, 6) is 0.519. The van der Waals surface area contributed by atoms with Crippen molar-refractivity contribution in [2.24, 2.45) is 0 Å². The number of anilines is 2. The van der Waals surface area contributed by atoms with Crippen molar-refractivity contribution in [1.82, 2.24) is 9.97 Å². The summed E-state index contributed by atoms with van der Waals surface area (Å²) in [7, 11) is 0. The molecule has 0 bridgehead atoms. The van der Waals surface area contributed by atoms with E-state index in [4.69, 9.17) is 17.3 Å². The highest BCUT2D eigenvalue weighted by Crippen LogP contribution is 2.24. The Kier molecular flexibility index (Phi) is 4.53. The van der Waals surface area contributed by atoms with E-state index in [1.54, 1.807) is 0 Å². The highest BCUT2D eigenvalue weighted by molar-refractivity contribution is 6.32. The van der Waals surface area contributed by atoms with Crippen molar-refractivity contribution < 1.29 is 4.79 Å². The van der Waals surface area contributed by atoms with Gasteiger partial charge in [-0.15, -0.1) is 0 Å². The van der Waals surface area contributed by atoms with Gasteiger partial charge in [0, 0.05) is 13.1 Å². The van der Waals surface area contributed by atoms with E-state index in [0.717, 1.165) is 5.56 Å². The molecule has 20 heavy (non-hydrogen) atoms. The van der Waals surface area contributed by atoms with Gasteiger partial charge in [0.1, 0.15) is 11.0 Å². The largest absolute Gasteiger partial charge is 0.368 e. The minimum absolute atomic E-state index is 0.0575. The third kappa shape index (κ3) is 3.05. The van der Waals surface area contributed by atoms with Gasteiger partial charge in [0.25, 0.3) is 0 Å². The van der Waals surface area contributed by atoms with E-state index in [1.165, 1.54) is 0 Å². The smallest absolute Gasteiger partial charge is 0.223 e. The molecule has 1 heterocycles. The minimum atomic E-state index is 0.0575. The lowest BCUT2D eigenvalue weighted by molar-refractivity contribution is 0.112. The van der Waals surface area contributed by atoms with Crippen LogP contribution in [0.1, 0.15) is 22.8 Å². The molecule has 0 aliphatic carbocycles. The van der Waals surface area contributed by atoms with Gasteiger partial charge in [-0.2, -0.15) is 4.98 Å². The van der Waals surface area contributed by atoms with Gasteiger partial charge < -0.3 is 10.6 Å². The Hall–Kier alpha value is -2.14. The van der Waals surface area contributed by atoms with Crippen LogP contribution in [-0.2, 0) is 6.54 Å². The van der Waals surface area contributed by atoms with E-state index in [-0.39, 0.29) is 16.7 Å². The maximum Gasteiger partial charge on any atom is 0.223 e. The Balaban J connectivity index is 2.39. The van der Waals surface area contributed by atoms with Gasteiger partial charge in [0.15, 0.2) is 6.29 Å². The first-order valence-corrected chi connectivity index (χ1v) is 6.60. The van der Waals surface area contributed by atoms with Crippen molar-refractivity contribution in [3.8, 4) is 0 Å². The quantitative estimate of drug-likeness (QED) is 0.677. The van der Waals surface area contributed by atoms with E-state index in [1.807, 2.05) is 42.2 Å². The maximum atomic E-state index is 11.2. The summed E-state index contributed by atoms with van der Waals surface area (Å²) < 4.78 is 0. The molecule has 5 nitrogen and oxygen atoms in total. The summed E-state index contributed by atoms with van der Waals surface area (Å²) in [4.78, 5) is 21.1. The molecule has 0 aliphatic rings. The molecule has 0 unspecified atom stereocenters. The summed E-state index contributed by atoms with van der Waals surface area (Å²) in [5, 5.41) is 0.0778. The Bertz CT molecular complexity index is 604. The van der Waals surface area contributed by atoms with Gasteiger partial charge in [-0.3, -0.25) is 4.79 Å². The van der Waals surface area contributed by atoms with E-state index >= 15 is 0 Å². The minimum Gasteiger partial charge on any atom is -0.368 e. The van der Waals surface area contributed by atoms with Crippen LogP contribution in [0, 0.1) is 0 Å². The number of hydrogen-bond donors (Lipinski definition) is 1. The SMILES string of the molecule is CCN(Cc1ccccc1)c1nc(N)nc(Cl)c1C=O. The lowest BCUT2D eigenvalue weighted by atomic mass is 10.2. The molecular weight excluding hydrogens is 276 g/mol. The molecule has 0 fully saturated rings. The standard InChI is InChI=1S/C14H15ClN4O/c1-2-19(8-10-6-4-3-5-7-10)13-11(9-20)12(15)17-14(16)18-13/h3-7,9H,2,8H2,1H3,(H2,16,17,18). The molecule has 1 aromatic carbocycles. The number of aldehydes is 1. The lowest BCUT2D eigenvalue weighted by Gasteiger charge is -2.23. The zero-order valence-corrected chi connectivity index (χ0v) is 11.8. The lowest BCUT2D eigenvalue weighted by Crippen LogP contribution is -2.25. The second-order valence-electron chi connectivity index (χ2n) is 4.23. The fraction of sp³-hybridized carbons (Fsp3) is 0.214. The van der Waals surface area contributed by atoms with Crippen LogP contribution < -0.4 is 10.6 Å². The van der Waals surface area contributed by atoms with E-state index in [0.29, 0.717) is 25.2 Å². The van der Waals surface area contributed by atoms with Crippen molar-refractivity contribution in [3.05, 3.63) is 46.6 Å². The first-order valence-electron chi connectivity index (χ1n) is 6.22. The number of aromatic nitrogens is 2. The van der Waals surface area contributed by atoms with Crippen molar-refractivity contribution in [2.75, 3.05) is 17.2 Å². The molecule has 2 rings (SSSR count). The van der Waals surface area contributed by atoms with Crippen LogP contribution in [0.2, 0.25) is 5.15 Å². The second-order valence-corrected chi connectivity index (χ2v) is 4.59. The van der Waals surface area contributed by atoms with Crippen LogP contribution in [0.4, 0.5) is 11.8 Å². The van der Waals surface area contributed by atoms with Gasteiger partial charge in [0.2, 0.25) is 5.95 Å². The van der Waals surface area contributed by atoms with Gasteiger partial charge in [-0.1, -0.05) is 41.9 Å². The number of hydrogen-bond acceptors (Lipinski definition) is 5. The van der Waals surface area contributed by atoms with Crippen LogP contribution in [0.3, 0.4) is 0 Å². The highest BCUT2D eigenvalue weighted by atomic mass is 35.5. The molecule has 2 aromatic rings. The number of rotatable bonds is 5. The van der Waals surface area contributed by atoms with Crippen molar-refractivity contribution >= 4 is 29.7 Å². The predicted octanol–water partition coefficient (Wildman–Crippen LogP) is 2.55. The summed E-state index contributed by atoms with van der Waals surface area (Å²) >= 11 is 5.95. The zero-order valence-electron chi connectivity index (χ0n) is 11.1. The number of nitrogens with zero attached hydrogens (tertiary/aromatic N) is 3. The molecule has 6 heteroatoms. The molecule has 0 saturated carbocycles. The van der Waals surface area contributed by atoms with Crippen LogP contribution in [0.15, 0.2) is 30.3 Å². The number of nitrogen functional groups attached to an aromatic ring is 1. The fourth-order valence-electron chi connectivity index (χ4n) is 1.93. The topological polar surface area (TPSA) is 72.1 Å². The van der Waals surface area contributed by atoms with E-state index in [9.17, 15) is 4.79 Å². The zero-order chi connectivity index (χ0) is 14.5. The summed E-state index contributed by atoms with van der Waals surface area (Å²) in [5.41, 5.74) is 6.99. The van der Waals surface area contributed by atoms with Crippen LogP contribution in [0.25, 0.3) is 0 Å². The Labute approximate surface area is 122 Å². The molecule has 2 N–H and O–H groups in total. The number of carbonyl (C=O) groups excluding carboxylic acids is 1. The van der Waals surface area contributed by atoms with E-state index in [2.05, 4.69) is 9.97 Å². The van der Waals surface area contributed by atoms with E-state index < -0.39 is 0 Å². The van der Waals surface area contributed by atoms with Crippen LogP contribution >= 0.6 is 11.6 Å². The number of benzene rings is 1.